The Balaban J connectivity index is 2.09. The number of fused-ring (bicyclic) bond motifs is 1. The second kappa shape index (κ2) is 7.74. The number of carbonyl (C=O) groups is 2. The highest BCUT2D eigenvalue weighted by atomic mass is 17.3. The molecule has 1 aromatic carbocycles. The average molecular weight is 352 g/mol. The molecule has 1 aromatic rings. The first-order valence-electron chi connectivity index (χ1n) is 8.19. The van der Waals surface area contributed by atoms with Crippen molar-refractivity contribution in [2.24, 2.45) is 11.3 Å². The van der Waals surface area contributed by atoms with E-state index in [0.717, 1.165) is 25.3 Å². The highest BCUT2D eigenvalue weighted by Gasteiger charge is 2.34. The van der Waals surface area contributed by atoms with Gasteiger partial charge in [-0.25, -0.2) is 19.4 Å². The Hall–Kier alpha value is -2.28. The number of benzene rings is 1. The number of para-hydroxylation sites is 1. The zero-order chi connectivity index (χ0) is 18.6. The first-order chi connectivity index (χ1) is 11.7. The summed E-state index contributed by atoms with van der Waals surface area (Å²) in [7, 11) is 0. The van der Waals surface area contributed by atoms with E-state index in [9.17, 15) is 9.59 Å². The van der Waals surface area contributed by atoms with Gasteiger partial charge in [-0.05, 0) is 30.2 Å². The standard InChI is InChI=1S/C18H24O7/c1-11(2)9-18(4,5)10-13-7-6-8-14-15(13)23-25-17(21-14)16(20)24-22-12(3)19/h6-8,11,17H,9-10H2,1-5H3. The number of rotatable bonds is 5. The maximum absolute atomic E-state index is 11.7. The van der Waals surface area contributed by atoms with Crippen LogP contribution < -0.4 is 9.62 Å². The van der Waals surface area contributed by atoms with E-state index in [1.807, 2.05) is 12.1 Å². The largest absolute Gasteiger partial charge is 0.447 e. The SMILES string of the molecule is CC(=O)OOC(=O)C1OOc2c(CC(C)(C)CC(C)C)cccc2O1. The Morgan fingerprint density at radius 3 is 2.60 bits per heavy atom. The summed E-state index contributed by atoms with van der Waals surface area (Å²) in [5, 5.41) is 0. The molecule has 0 saturated heterocycles. The van der Waals surface area contributed by atoms with Crippen molar-refractivity contribution in [3.8, 4) is 11.5 Å². The van der Waals surface area contributed by atoms with Crippen molar-refractivity contribution < 1.29 is 33.9 Å². The average Bonchev–Trinajstić information content (AvgIpc) is 2.50. The van der Waals surface area contributed by atoms with Crippen LogP contribution in [0.2, 0.25) is 0 Å². The van der Waals surface area contributed by atoms with E-state index in [2.05, 4.69) is 37.5 Å². The minimum absolute atomic E-state index is 0.0672. The van der Waals surface area contributed by atoms with Gasteiger partial charge in [0.05, 0.1) is 0 Å². The molecule has 0 spiro atoms. The maximum Gasteiger partial charge on any atom is 0.427 e. The fourth-order valence-electron chi connectivity index (χ4n) is 3.03. The highest BCUT2D eigenvalue weighted by molar-refractivity contribution is 5.75. The van der Waals surface area contributed by atoms with Crippen LogP contribution in [0.4, 0.5) is 0 Å². The molecule has 1 unspecified atom stereocenters. The Morgan fingerprint density at radius 2 is 1.96 bits per heavy atom. The van der Waals surface area contributed by atoms with Crippen LogP contribution in [0.25, 0.3) is 0 Å². The lowest BCUT2D eigenvalue weighted by Crippen LogP contribution is -2.36. The van der Waals surface area contributed by atoms with Crippen molar-refractivity contribution in [3.63, 3.8) is 0 Å². The monoisotopic (exact) mass is 352 g/mol. The van der Waals surface area contributed by atoms with E-state index >= 15 is 0 Å². The van der Waals surface area contributed by atoms with Crippen molar-refractivity contribution in [3.05, 3.63) is 23.8 Å². The van der Waals surface area contributed by atoms with E-state index in [4.69, 9.17) is 14.5 Å². The Bertz CT molecular complexity index is 636. The van der Waals surface area contributed by atoms with Gasteiger partial charge in [-0.2, -0.15) is 0 Å². The number of hydrogen-bond acceptors (Lipinski definition) is 7. The summed E-state index contributed by atoms with van der Waals surface area (Å²) in [4.78, 5) is 41.1. The van der Waals surface area contributed by atoms with Crippen LogP contribution in [-0.2, 0) is 30.7 Å². The summed E-state index contributed by atoms with van der Waals surface area (Å²) in [5.74, 6) is -0.403. The molecule has 1 aliphatic rings. The van der Waals surface area contributed by atoms with Gasteiger partial charge in [-0.3, -0.25) is 0 Å². The van der Waals surface area contributed by atoms with Crippen molar-refractivity contribution in [2.45, 2.75) is 53.8 Å². The third-order valence-electron chi connectivity index (χ3n) is 3.58. The maximum atomic E-state index is 11.7. The fraction of sp³-hybridized carbons (Fsp3) is 0.556. The molecule has 0 N–H and O–H groups in total. The molecule has 0 bridgehead atoms. The molecule has 1 aliphatic heterocycles. The lowest BCUT2D eigenvalue weighted by atomic mass is 9.79. The van der Waals surface area contributed by atoms with Crippen LogP contribution in [0.1, 0.15) is 46.6 Å². The van der Waals surface area contributed by atoms with Crippen molar-refractivity contribution >= 4 is 11.9 Å². The fourth-order valence-corrected chi connectivity index (χ4v) is 3.03. The molecule has 0 saturated carbocycles. The van der Waals surface area contributed by atoms with Crippen molar-refractivity contribution in [2.75, 3.05) is 0 Å². The lowest BCUT2D eigenvalue weighted by Gasteiger charge is -2.29. The smallest absolute Gasteiger partial charge is 0.427 e. The quantitative estimate of drug-likeness (QED) is 0.594. The van der Waals surface area contributed by atoms with Gasteiger partial charge in [-0.1, -0.05) is 39.8 Å². The van der Waals surface area contributed by atoms with Gasteiger partial charge in [0.25, 0.3) is 0 Å². The molecular formula is C18H24O7. The molecule has 25 heavy (non-hydrogen) atoms. The molecule has 0 amide bonds. The van der Waals surface area contributed by atoms with Gasteiger partial charge in [0.2, 0.25) is 5.75 Å². The summed E-state index contributed by atoms with van der Waals surface area (Å²) in [5.41, 5.74) is 0.993. The van der Waals surface area contributed by atoms with Gasteiger partial charge in [0.15, 0.2) is 5.75 Å². The Morgan fingerprint density at radius 1 is 1.24 bits per heavy atom. The molecule has 138 valence electrons. The second-order valence-corrected chi connectivity index (χ2v) is 7.29. The first kappa shape index (κ1) is 19.1. The Labute approximate surface area is 147 Å². The molecule has 7 heteroatoms. The van der Waals surface area contributed by atoms with E-state index < -0.39 is 18.2 Å². The van der Waals surface area contributed by atoms with Crippen LogP contribution in [0.15, 0.2) is 18.2 Å². The molecule has 0 radical (unpaired) electrons. The summed E-state index contributed by atoms with van der Waals surface area (Å²) in [6, 6.07) is 5.43. The molecule has 0 aromatic heterocycles. The number of ether oxygens (including phenoxy) is 1. The van der Waals surface area contributed by atoms with Crippen LogP contribution in [0.5, 0.6) is 11.5 Å². The zero-order valence-corrected chi connectivity index (χ0v) is 15.2. The van der Waals surface area contributed by atoms with Gasteiger partial charge in [0.1, 0.15) is 0 Å². The van der Waals surface area contributed by atoms with Gasteiger partial charge in [0, 0.05) is 12.5 Å². The molecule has 1 atom stereocenters. The normalized spacial score (nSPS) is 16.5. The number of carbonyl (C=O) groups excluding carboxylic acids is 2. The van der Waals surface area contributed by atoms with E-state index in [-0.39, 0.29) is 5.41 Å². The third-order valence-corrected chi connectivity index (χ3v) is 3.58. The number of hydrogen-bond donors (Lipinski definition) is 0. The summed E-state index contributed by atoms with van der Waals surface area (Å²) in [6.45, 7) is 9.85. The van der Waals surface area contributed by atoms with Crippen LogP contribution >= 0.6 is 0 Å². The molecule has 7 nitrogen and oxygen atoms in total. The topological polar surface area (TPSA) is 80.3 Å². The molecular weight excluding hydrogens is 328 g/mol. The minimum Gasteiger partial charge on any atom is -0.447 e. The van der Waals surface area contributed by atoms with Gasteiger partial charge in [-0.15, -0.1) is 4.89 Å². The molecule has 1 heterocycles. The predicted molar refractivity (Wildman–Crippen MR) is 87.4 cm³/mol. The second-order valence-electron chi connectivity index (χ2n) is 7.29. The van der Waals surface area contributed by atoms with E-state index in [0.29, 0.717) is 17.4 Å². The van der Waals surface area contributed by atoms with Crippen molar-refractivity contribution in [1.82, 2.24) is 0 Å². The van der Waals surface area contributed by atoms with Crippen molar-refractivity contribution in [1.29, 1.82) is 0 Å². The first-order valence-corrected chi connectivity index (χ1v) is 8.19. The minimum atomic E-state index is -1.47. The van der Waals surface area contributed by atoms with Gasteiger partial charge < -0.3 is 9.62 Å². The van der Waals surface area contributed by atoms with Gasteiger partial charge >= 0.3 is 18.2 Å². The van der Waals surface area contributed by atoms with E-state index in [1.165, 1.54) is 0 Å². The lowest BCUT2D eigenvalue weighted by molar-refractivity contribution is -0.330. The zero-order valence-electron chi connectivity index (χ0n) is 15.2. The third kappa shape index (κ3) is 5.35. The summed E-state index contributed by atoms with van der Waals surface area (Å²) in [6.07, 6.45) is 0.352. The van der Waals surface area contributed by atoms with E-state index in [1.54, 1.807) is 6.07 Å². The molecule has 0 aliphatic carbocycles. The molecule has 0 fully saturated rings. The molecule has 2 rings (SSSR count). The predicted octanol–water partition coefficient (Wildman–Crippen LogP) is 3.35. The van der Waals surface area contributed by atoms with Crippen LogP contribution in [0.3, 0.4) is 0 Å². The highest BCUT2D eigenvalue weighted by Crippen LogP contribution is 2.40. The Kier molecular flexibility index (Phi) is 5.89. The summed E-state index contributed by atoms with van der Waals surface area (Å²) < 4.78 is 5.45. The van der Waals surface area contributed by atoms with Crippen LogP contribution in [0, 0.1) is 11.3 Å². The summed E-state index contributed by atoms with van der Waals surface area (Å²) >= 11 is 0. The van der Waals surface area contributed by atoms with Crippen LogP contribution in [-0.4, -0.2) is 18.2 Å².